The van der Waals surface area contributed by atoms with E-state index in [1.165, 1.54) is 0 Å². The number of nitrogens with one attached hydrogen (secondary N) is 2. The molecule has 0 aliphatic rings. The number of carbonyl (C=O) groups excluding carboxylic acids is 1. The van der Waals surface area contributed by atoms with Crippen LogP contribution in [-0.4, -0.2) is 6.03 Å². The zero-order valence-electron chi connectivity index (χ0n) is 10.5. The summed E-state index contributed by atoms with van der Waals surface area (Å²) >= 11 is 11.7. The molecular weight excluding hydrogens is 297 g/mol. The van der Waals surface area contributed by atoms with Gasteiger partial charge in [0, 0.05) is 28.0 Å². The van der Waals surface area contributed by atoms with Gasteiger partial charge in [-0.3, -0.25) is 0 Å². The number of anilines is 2. The largest absolute Gasteiger partial charge is 0.326 e. The highest BCUT2D eigenvalue weighted by Gasteiger charge is 2.06. The maximum atomic E-state index is 11.9. The van der Waals surface area contributed by atoms with Crippen LogP contribution in [0.4, 0.5) is 16.2 Å². The minimum Gasteiger partial charge on any atom is -0.326 e. The van der Waals surface area contributed by atoms with Gasteiger partial charge < -0.3 is 16.4 Å². The van der Waals surface area contributed by atoms with Crippen molar-refractivity contribution in [1.82, 2.24) is 0 Å². The van der Waals surface area contributed by atoms with Crippen LogP contribution >= 0.6 is 23.2 Å². The standard InChI is InChI=1S/C14H13Cl2N3O/c15-10-5-11(16)7-12(6-10)18-14(20)19-13-4-2-1-3-9(13)8-17/h1-7H,8,17H2,(H2,18,19,20). The first-order valence-corrected chi connectivity index (χ1v) is 6.66. The summed E-state index contributed by atoms with van der Waals surface area (Å²) in [5.41, 5.74) is 7.65. The number of para-hydroxylation sites is 1. The zero-order chi connectivity index (χ0) is 14.5. The lowest BCUT2D eigenvalue weighted by Crippen LogP contribution is -2.20. The van der Waals surface area contributed by atoms with Gasteiger partial charge in [0.1, 0.15) is 0 Å². The second kappa shape index (κ2) is 6.61. The van der Waals surface area contributed by atoms with Gasteiger partial charge in [0.15, 0.2) is 0 Å². The predicted octanol–water partition coefficient (Wildman–Crippen LogP) is 4.10. The Labute approximate surface area is 126 Å². The molecule has 20 heavy (non-hydrogen) atoms. The fraction of sp³-hybridized carbons (Fsp3) is 0.0714. The van der Waals surface area contributed by atoms with Crippen LogP contribution in [0.2, 0.25) is 10.0 Å². The molecule has 0 aromatic heterocycles. The minimum absolute atomic E-state index is 0.347. The Morgan fingerprint density at radius 3 is 2.35 bits per heavy atom. The number of benzene rings is 2. The van der Waals surface area contributed by atoms with E-state index in [9.17, 15) is 4.79 Å². The Balaban J connectivity index is 2.09. The smallest absolute Gasteiger partial charge is 0.323 e. The number of halogens is 2. The van der Waals surface area contributed by atoms with Crippen LogP contribution in [0.1, 0.15) is 5.56 Å². The van der Waals surface area contributed by atoms with Crippen molar-refractivity contribution < 1.29 is 4.79 Å². The first-order chi connectivity index (χ1) is 9.58. The van der Waals surface area contributed by atoms with Crippen molar-refractivity contribution in [3.8, 4) is 0 Å². The number of amides is 2. The summed E-state index contributed by atoms with van der Waals surface area (Å²) in [6.07, 6.45) is 0. The third kappa shape index (κ3) is 3.87. The van der Waals surface area contributed by atoms with Gasteiger partial charge in [-0.2, -0.15) is 0 Å². The summed E-state index contributed by atoms with van der Waals surface area (Å²) in [6.45, 7) is 0.347. The average Bonchev–Trinajstić information content (AvgIpc) is 2.37. The lowest BCUT2D eigenvalue weighted by molar-refractivity contribution is 0.262. The first-order valence-electron chi connectivity index (χ1n) is 5.90. The molecule has 0 spiro atoms. The van der Waals surface area contributed by atoms with Gasteiger partial charge >= 0.3 is 6.03 Å². The van der Waals surface area contributed by atoms with Gasteiger partial charge in [-0.05, 0) is 29.8 Å². The Bertz CT molecular complexity index is 611. The van der Waals surface area contributed by atoms with E-state index < -0.39 is 0 Å². The minimum atomic E-state index is -0.385. The van der Waals surface area contributed by atoms with Crippen LogP contribution in [0.3, 0.4) is 0 Å². The molecule has 2 amide bonds. The predicted molar refractivity (Wildman–Crippen MR) is 83.4 cm³/mol. The maximum Gasteiger partial charge on any atom is 0.323 e. The number of hydrogen-bond acceptors (Lipinski definition) is 2. The van der Waals surface area contributed by atoms with E-state index in [2.05, 4.69) is 10.6 Å². The Morgan fingerprint density at radius 1 is 1.05 bits per heavy atom. The fourth-order valence-corrected chi connectivity index (χ4v) is 2.26. The molecule has 0 heterocycles. The molecule has 0 saturated heterocycles. The van der Waals surface area contributed by atoms with E-state index in [0.717, 1.165) is 5.56 Å². The van der Waals surface area contributed by atoms with Crippen LogP contribution in [0.25, 0.3) is 0 Å². The Hall–Kier alpha value is -1.75. The first kappa shape index (κ1) is 14.7. The highest BCUT2D eigenvalue weighted by molar-refractivity contribution is 6.35. The molecule has 2 rings (SSSR count). The van der Waals surface area contributed by atoms with Crippen LogP contribution in [0.15, 0.2) is 42.5 Å². The highest BCUT2D eigenvalue weighted by atomic mass is 35.5. The summed E-state index contributed by atoms with van der Waals surface area (Å²) in [5, 5.41) is 6.30. The molecule has 0 radical (unpaired) electrons. The van der Waals surface area contributed by atoms with Gasteiger partial charge in [0.25, 0.3) is 0 Å². The number of carbonyl (C=O) groups is 1. The van der Waals surface area contributed by atoms with Crippen LogP contribution in [0.5, 0.6) is 0 Å². The van der Waals surface area contributed by atoms with Crippen molar-refractivity contribution in [2.45, 2.75) is 6.54 Å². The molecule has 0 bridgehead atoms. The summed E-state index contributed by atoms with van der Waals surface area (Å²) in [5.74, 6) is 0. The molecule has 104 valence electrons. The normalized spacial score (nSPS) is 10.2. The third-order valence-corrected chi connectivity index (χ3v) is 3.04. The van der Waals surface area contributed by atoms with Gasteiger partial charge in [-0.15, -0.1) is 0 Å². The monoisotopic (exact) mass is 309 g/mol. The highest BCUT2D eigenvalue weighted by Crippen LogP contribution is 2.22. The molecule has 0 atom stereocenters. The molecule has 4 nitrogen and oxygen atoms in total. The molecule has 2 aromatic rings. The molecule has 0 fully saturated rings. The van der Waals surface area contributed by atoms with E-state index in [0.29, 0.717) is 28.0 Å². The van der Waals surface area contributed by atoms with Gasteiger partial charge in [0.05, 0.1) is 0 Å². The number of rotatable bonds is 3. The summed E-state index contributed by atoms with van der Waals surface area (Å²) in [7, 11) is 0. The summed E-state index contributed by atoms with van der Waals surface area (Å²) in [6, 6.07) is 11.8. The Morgan fingerprint density at radius 2 is 1.70 bits per heavy atom. The van der Waals surface area contributed by atoms with Crippen LogP contribution < -0.4 is 16.4 Å². The van der Waals surface area contributed by atoms with Crippen molar-refractivity contribution in [1.29, 1.82) is 0 Å². The molecule has 0 unspecified atom stereocenters. The lowest BCUT2D eigenvalue weighted by atomic mass is 10.2. The van der Waals surface area contributed by atoms with E-state index in [1.54, 1.807) is 24.3 Å². The second-order valence-corrected chi connectivity index (χ2v) is 4.97. The van der Waals surface area contributed by atoms with Crippen molar-refractivity contribution >= 4 is 40.6 Å². The molecule has 0 aliphatic heterocycles. The van der Waals surface area contributed by atoms with Gasteiger partial charge in [0.2, 0.25) is 0 Å². The molecule has 2 aromatic carbocycles. The van der Waals surface area contributed by atoms with Crippen molar-refractivity contribution in [3.63, 3.8) is 0 Å². The van der Waals surface area contributed by atoms with Crippen LogP contribution in [0, 0.1) is 0 Å². The quantitative estimate of drug-likeness (QED) is 0.799. The average molecular weight is 310 g/mol. The van der Waals surface area contributed by atoms with Crippen molar-refractivity contribution in [2.75, 3.05) is 10.6 Å². The molecule has 0 aliphatic carbocycles. The number of urea groups is 1. The molecular formula is C14H13Cl2N3O. The summed E-state index contributed by atoms with van der Waals surface area (Å²) in [4.78, 5) is 11.9. The molecule has 4 N–H and O–H groups in total. The molecule has 6 heteroatoms. The van der Waals surface area contributed by atoms with E-state index in [4.69, 9.17) is 28.9 Å². The number of nitrogens with two attached hydrogens (primary N) is 1. The van der Waals surface area contributed by atoms with Gasteiger partial charge in [-0.1, -0.05) is 41.4 Å². The van der Waals surface area contributed by atoms with E-state index in [1.807, 2.05) is 18.2 Å². The SMILES string of the molecule is NCc1ccccc1NC(=O)Nc1cc(Cl)cc(Cl)c1. The van der Waals surface area contributed by atoms with Crippen LogP contribution in [-0.2, 0) is 6.54 Å². The zero-order valence-corrected chi connectivity index (χ0v) is 12.0. The Kier molecular flexibility index (Phi) is 4.84. The van der Waals surface area contributed by atoms with Crippen molar-refractivity contribution in [3.05, 3.63) is 58.1 Å². The maximum absolute atomic E-state index is 11.9. The summed E-state index contributed by atoms with van der Waals surface area (Å²) < 4.78 is 0. The van der Waals surface area contributed by atoms with E-state index in [-0.39, 0.29) is 6.03 Å². The number of hydrogen-bond donors (Lipinski definition) is 3. The molecule has 0 saturated carbocycles. The topological polar surface area (TPSA) is 67.1 Å². The third-order valence-electron chi connectivity index (χ3n) is 2.61. The second-order valence-electron chi connectivity index (χ2n) is 4.10. The van der Waals surface area contributed by atoms with E-state index >= 15 is 0 Å². The lowest BCUT2D eigenvalue weighted by Gasteiger charge is -2.11. The van der Waals surface area contributed by atoms with Gasteiger partial charge in [-0.25, -0.2) is 4.79 Å². The fourth-order valence-electron chi connectivity index (χ4n) is 1.73. The van der Waals surface area contributed by atoms with Crippen molar-refractivity contribution in [2.24, 2.45) is 5.73 Å².